The average Bonchev–Trinajstić information content (AvgIpc) is 3.58. The van der Waals surface area contributed by atoms with Gasteiger partial charge < -0.3 is 19.3 Å². The van der Waals surface area contributed by atoms with Crippen LogP contribution in [0, 0.1) is 50.7 Å². The SMILES string of the molecule is COCC[C@@H](C)[C@H]1C[C@H](O)[C@@]2(C)C3CC[C@H]4C(C)(C)[C@@H](O[C@H]5CN(C6CN(CC(F)F)C6)CCO5)CC[C@@]45C[C@@]35CC[C@]12C. The summed E-state index contributed by atoms with van der Waals surface area (Å²) in [5, 5.41) is 11.9. The molecule has 8 heteroatoms. The van der Waals surface area contributed by atoms with E-state index in [4.69, 9.17) is 14.2 Å². The summed E-state index contributed by atoms with van der Waals surface area (Å²) >= 11 is 0. The van der Waals surface area contributed by atoms with Gasteiger partial charge in [0.15, 0.2) is 6.29 Å². The zero-order chi connectivity index (χ0) is 31.3. The highest BCUT2D eigenvalue weighted by molar-refractivity contribution is 5.31. The van der Waals surface area contributed by atoms with E-state index in [0.717, 1.165) is 52.0 Å². The highest BCUT2D eigenvalue weighted by atomic mass is 19.3. The number of halogens is 2. The van der Waals surface area contributed by atoms with Crippen LogP contribution in [0.2, 0.25) is 0 Å². The lowest BCUT2D eigenvalue weighted by atomic mass is 9.41. The van der Waals surface area contributed by atoms with E-state index in [0.29, 0.717) is 47.2 Å². The van der Waals surface area contributed by atoms with Crippen LogP contribution < -0.4 is 0 Å². The Labute approximate surface area is 264 Å². The van der Waals surface area contributed by atoms with Crippen molar-refractivity contribution in [2.24, 2.45) is 50.7 Å². The van der Waals surface area contributed by atoms with E-state index in [1.54, 1.807) is 7.11 Å². The largest absolute Gasteiger partial charge is 0.393 e. The predicted octanol–water partition coefficient (Wildman–Crippen LogP) is 6.06. The van der Waals surface area contributed by atoms with Crippen molar-refractivity contribution >= 4 is 0 Å². The molecule has 44 heavy (non-hydrogen) atoms. The highest BCUT2D eigenvalue weighted by Gasteiger charge is 2.83. The third-order valence-corrected chi connectivity index (χ3v) is 15.9. The lowest BCUT2D eigenvalue weighted by Crippen LogP contribution is -2.64. The first-order valence-electron chi connectivity index (χ1n) is 18.0. The monoisotopic (exact) mass is 622 g/mol. The molecule has 0 aromatic carbocycles. The number of morpholine rings is 1. The molecule has 2 spiro atoms. The summed E-state index contributed by atoms with van der Waals surface area (Å²) in [6, 6.07) is 0.333. The normalized spacial score (nSPS) is 49.5. The number of methoxy groups -OCH3 is 1. The second-order valence-corrected chi connectivity index (χ2v) is 17.5. The van der Waals surface area contributed by atoms with Gasteiger partial charge in [-0.2, -0.15) is 0 Å². The summed E-state index contributed by atoms with van der Waals surface area (Å²) in [6.07, 6.45) is 8.19. The summed E-state index contributed by atoms with van der Waals surface area (Å²) in [5.74, 6) is 2.38. The summed E-state index contributed by atoms with van der Waals surface area (Å²) in [4.78, 5) is 4.26. The van der Waals surface area contributed by atoms with Gasteiger partial charge in [-0.1, -0.05) is 34.6 Å². The van der Waals surface area contributed by atoms with Gasteiger partial charge in [-0.25, -0.2) is 8.78 Å². The Morgan fingerprint density at radius 2 is 1.70 bits per heavy atom. The molecule has 0 bridgehead atoms. The van der Waals surface area contributed by atoms with Gasteiger partial charge in [0.2, 0.25) is 0 Å². The molecule has 0 aromatic rings. The molecule has 7 rings (SSSR count). The summed E-state index contributed by atoms with van der Waals surface area (Å²) in [5.41, 5.74) is 1.00. The molecule has 2 aliphatic heterocycles. The zero-order valence-electron chi connectivity index (χ0n) is 28.3. The quantitative estimate of drug-likeness (QED) is 0.338. The third kappa shape index (κ3) is 4.49. The van der Waals surface area contributed by atoms with Crippen molar-refractivity contribution in [2.75, 3.05) is 53.0 Å². The minimum Gasteiger partial charge on any atom is -0.393 e. The Balaban J connectivity index is 1.03. The molecule has 1 unspecified atom stereocenters. The Morgan fingerprint density at radius 1 is 0.977 bits per heavy atom. The molecule has 252 valence electrons. The fraction of sp³-hybridized carbons (Fsp3) is 1.00. The number of aliphatic hydroxyl groups excluding tert-OH is 1. The fourth-order valence-corrected chi connectivity index (χ4v) is 13.4. The van der Waals surface area contributed by atoms with Gasteiger partial charge in [0, 0.05) is 51.4 Å². The summed E-state index contributed by atoms with van der Waals surface area (Å²) in [6.45, 7) is 16.8. The van der Waals surface area contributed by atoms with Crippen LogP contribution in [0.4, 0.5) is 8.78 Å². The van der Waals surface area contributed by atoms with Gasteiger partial charge in [0.05, 0.1) is 25.4 Å². The smallest absolute Gasteiger partial charge is 0.251 e. The zero-order valence-corrected chi connectivity index (χ0v) is 28.3. The number of ether oxygens (including phenoxy) is 3. The number of nitrogens with zero attached hydrogens (tertiary/aromatic N) is 2. The molecule has 2 saturated heterocycles. The van der Waals surface area contributed by atoms with Crippen molar-refractivity contribution in [3.8, 4) is 0 Å². The number of aliphatic hydroxyl groups is 1. The van der Waals surface area contributed by atoms with Crippen molar-refractivity contribution in [3.63, 3.8) is 0 Å². The van der Waals surface area contributed by atoms with Crippen LogP contribution in [0.5, 0.6) is 0 Å². The average molecular weight is 623 g/mol. The van der Waals surface area contributed by atoms with E-state index in [-0.39, 0.29) is 41.3 Å². The number of fused-ring (bicyclic) bond motifs is 2. The number of hydrogen-bond acceptors (Lipinski definition) is 6. The van der Waals surface area contributed by atoms with Crippen LogP contribution in [0.15, 0.2) is 0 Å². The van der Waals surface area contributed by atoms with Crippen LogP contribution in [-0.2, 0) is 14.2 Å². The second-order valence-electron chi connectivity index (χ2n) is 17.5. The predicted molar refractivity (Wildman–Crippen MR) is 166 cm³/mol. The molecule has 0 amide bonds. The van der Waals surface area contributed by atoms with Crippen LogP contribution in [0.25, 0.3) is 0 Å². The molecule has 11 atom stereocenters. The van der Waals surface area contributed by atoms with Crippen LogP contribution in [0.3, 0.4) is 0 Å². The van der Waals surface area contributed by atoms with Crippen molar-refractivity contribution in [1.82, 2.24) is 9.80 Å². The maximum Gasteiger partial charge on any atom is 0.251 e. The molecule has 2 heterocycles. The van der Waals surface area contributed by atoms with Crippen molar-refractivity contribution < 1.29 is 28.1 Å². The number of hydrogen-bond donors (Lipinski definition) is 1. The molecule has 5 saturated carbocycles. The van der Waals surface area contributed by atoms with Gasteiger partial charge in [-0.15, -0.1) is 0 Å². The first-order chi connectivity index (χ1) is 20.8. The van der Waals surface area contributed by atoms with E-state index in [9.17, 15) is 13.9 Å². The lowest BCUT2D eigenvalue weighted by molar-refractivity contribution is -0.253. The van der Waals surface area contributed by atoms with Gasteiger partial charge in [-0.05, 0) is 103 Å². The Bertz CT molecular complexity index is 1070. The van der Waals surface area contributed by atoms with Crippen LogP contribution in [0.1, 0.15) is 92.4 Å². The van der Waals surface area contributed by atoms with E-state index in [1.165, 1.54) is 38.5 Å². The Hall–Kier alpha value is -0.380. The third-order valence-electron chi connectivity index (χ3n) is 15.9. The Morgan fingerprint density at radius 3 is 2.43 bits per heavy atom. The van der Waals surface area contributed by atoms with Crippen LogP contribution >= 0.6 is 0 Å². The molecule has 6 nitrogen and oxygen atoms in total. The van der Waals surface area contributed by atoms with Gasteiger partial charge in [-0.3, -0.25) is 9.80 Å². The van der Waals surface area contributed by atoms with E-state index in [1.807, 2.05) is 4.90 Å². The van der Waals surface area contributed by atoms with Crippen molar-refractivity contribution in [1.29, 1.82) is 0 Å². The highest BCUT2D eigenvalue weighted by Crippen LogP contribution is 2.89. The number of rotatable bonds is 9. The second kappa shape index (κ2) is 11.1. The first-order valence-corrected chi connectivity index (χ1v) is 18.0. The minimum absolute atomic E-state index is 0.0188. The molecule has 0 aromatic heterocycles. The molecular formula is C36H60F2N2O4. The topological polar surface area (TPSA) is 54.4 Å². The van der Waals surface area contributed by atoms with E-state index >= 15 is 0 Å². The van der Waals surface area contributed by atoms with Crippen molar-refractivity contribution in [2.45, 2.75) is 123 Å². The number of alkyl halides is 2. The molecule has 7 aliphatic rings. The van der Waals surface area contributed by atoms with E-state index < -0.39 is 6.43 Å². The number of likely N-dealkylation sites (tertiary alicyclic amines) is 1. The minimum atomic E-state index is -2.26. The molecule has 0 radical (unpaired) electrons. The standard InChI is InChI=1S/C36H60F2N2O4/c1-23(10-15-42-6)25-17-28(41)34(5)27-8-7-26-32(2,3)29(9-11-35(26)22-36(27,35)13-12-33(25,34)4)44-31-21-40(14-16-43-31)24-18-39(19-24)20-30(37)38/h23-31,41H,7-22H2,1-6H3/t23-,25-,26+,27?,28+,29+,31+,33-,34-,35-,36+/m1/s1. The van der Waals surface area contributed by atoms with Gasteiger partial charge >= 0.3 is 0 Å². The van der Waals surface area contributed by atoms with Gasteiger partial charge in [0.25, 0.3) is 6.43 Å². The maximum atomic E-state index is 12.8. The summed E-state index contributed by atoms with van der Waals surface area (Å²) < 4.78 is 44.1. The molecule has 7 fully saturated rings. The van der Waals surface area contributed by atoms with Gasteiger partial charge in [0.1, 0.15) is 0 Å². The van der Waals surface area contributed by atoms with E-state index in [2.05, 4.69) is 39.5 Å². The van der Waals surface area contributed by atoms with Crippen molar-refractivity contribution in [3.05, 3.63) is 0 Å². The first kappa shape index (κ1) is 32.2. The van der Waals surface area contributed by atoms with Crippen LogP contribution in [-0.4, -0.2) is 98.9 Å². The lowest BCUT2D eigenvalue weighted by Gasteiger charge is -2.64. The fourth-order valence-electron chi connectivity index (χ4n) is 13.4. The Kier molecular flexibility index (Phi) is 8.11. The molecular weight excluding hydrogens is 562 g/mol. The summed E-state index contributed by atoms with van der Waals surface area (Å²) in [7, 11) is 1.80. The maximum absolute atomic E-state index is 12.8. The molecule has 1 N–H and O–H groups in total. The molecule has 5 aliphatic carbocycles.